The highest BCUT2D eigenvalue weighted by molar-refractivity contribution is 5.93. The third kappa shape index (κ3) is 2.39. The maximum absolute atomic E-state index is 12.0. The second-order valence-electron chi connectivity index (χ2n) is 5.44. The van der Waals surface area contributed by atoms with Crippen LogP contribution in [-0.4, -0.2) is 22.5 Å². The topological polar surface area (TPSA) is 79.5 Å². The lowest BCUT2D eigenvalue weighted by atomic mass is 9.74. The zero-order chi connectivity index (χ0) is 14.1. The largest absolute Gasteiger partial charge is 0.481 e. The van der Waals surface area contributed by atoms with E-state index in [4.69, 9.17) is 4.42 Å². The first-order valence-electron chi connectivity index (χ1n) is 5.69. The van der Waals surface area contributed by atoms with E-state index in [-0.39, 0.29) is 5.76 Å². The number of nitrogens with one attached hydrogen (secondary N) is 1. The third-order valence-corrected chi connectivity index (χ3v) is 3.59. The van der Waals surface area contributed by atoms with Crippen molar-refractivity contribution >= 4 is 11.9 Å². The van der Waals surface area contributed by atoms with Crippen LogP contribution in [0.2, 0.25) is 0 Å². The molecular weight excluding hydrogens is 234 g/mol. The zero-order valence-electron chi connectivity index (χ0n) is 11.3. The van der Waals surface area contributed by atoms with E-state index in [1.807, 2.05) is 0 Å². The molecule has 0 atom stereocenters. The average molecular weight is 253 g/mol. The molecule has 2 N–H and O–H groups in total. The van der Waals surface area contributed by atoms with Crippen molar-refractivity contribution in [1.82, 2.24) is 5.32 Å². The molecule has 0 spiro atoms. The standard InChI is InChI=1S/C13H19NO4/c1-8-6-7-18-9(8)10(15)14-13(4,5)12(2,3)11(16)17/h6-7H,1-5H3,(H,14,15)(H,16,17). The number of hydrogen-bond acceptors (Lipinski definition) is 3. The highest BCUT2D eigenvalue weighted by Crippen LogP contribution is 2.31. The quantitative estimate of drug-likeness (QED) is 0.862. The van der Waals surface area contributed by atoms with Gasteiger partial charge in [0.2, 0.25) is 0 Å². The molecule has 1 rings (SSSR count). The maximum atomic E-state index is 12.0. The van der Waals surface area contributed by atoms with Crippen LogP contribution in [-0.2, 0) is 4.79 Å². The number of amides is 1. The van der Waals surface area contributed by atoms with Gasteiger partial charge in [0, 0.05) is 5.56 Å². The number of carboxylic acid groups (broad SMARTS) is 1. The van der Waals surface area contributed by atoms with Gasteiger partial charge in [0.05, 0.1) is 17.2 Å². The lowest BCUT2D eigenvalue weighted by Gasteiger charge is -2.38. The van der Waals surface area contributed by atoms with E-state index < -0.39 is 22.8 Å². The smallest absolute Gasteiger partial charge is 0.311 e. The fraction of sp³-hybridized carbons (Fsp3) is 0.538. The van der Waals surface area contributed by atoms with Crippen LogP contribution >= 0.6 is 0 Å². The molecule has 0 bridgehead atoms. The summed E-state index contributed by atoms with van der Waals surface area (Å²) in [6, 6.07) is 1.68. The molecule has 0 aliphatic carbocycles. The Kier molecular flexibility index (Phi) is 3.55. The number of aryl methyl sites for hydroxylation is 1. The molecule has 0 saturated heterocycles. The molecule has 0 aliphatic rings. The van der Waals surface area contributed by atoms with E-state index in [0.29, 0.717) is 0 Å². The van der Waals surface area contributed by atoms with E-state index >= 15 is 0 Å². The van der Waals surface area contributed by atoms with Crippen LogP contribution < -0.4 is 5.32 Å². The van der Waals surface area contributed by atoms with E-state index in [1.165, 1.54) is 6.26 Å². The van der Waals surface area contributed by atoms with Gasteiger partial charge in [-0.2, -0.15) is 0 Å². The predicted octanol–water partition coefficient (Wildman–Crippen LogP) is 2.21. The molecule has 5 heteroatoms. The lowest BCUT2D eigenvalue weighted by molar-refractivity contribution is -0.150. The minimum absolute atomic E-state index is 0.212. The molecule has 1 aromatic heterocycles. The summed E-state index contributed by atoms with van der Waals surface area (Å²) < 4.78 is 5.09. The van der Waals surface area contributed by atoms with Crippen molar-refractivity contribution in [2.75, 3.05) is 0 Å². The Bertz CT molecular complexity index is 471. The van der Waals surface area contributed by atoms with E-state index in [1.54, 1.807) is 40.7 Å². The number of carboxylic acids is 1. The molecule has 5 nitrogen and oxygen atoms in total. The fourth-order valence-corrected chi connectivity index (χ4v) is 1.37. The Morgan fingerprint density at radius 3 is 2.22 bits per heavy atom. The number of carbonyl (C=O) groups is 2. The van der Waals surface area contributed by atoms with Crippen LogP contribution in [0.5, 0.6) is 0 Å². The molecule has 0 saturated carbocycles. The van der Waals surface area contributed by atoms with Crippen LogP contribution in [0, 0.1) is 12.3 Å². The van der Waals surface area contributed by atoms with Gasteiger partial charge in [-0.3, -0.25) is 9.59 Å². The first-order valence-corrected chi connectivity index (χ1v) is 5.69. The van der Waals surface area contributed by atoms with Gasteiger partial charge in [0.25, 0.3) is 5.91 Å². The lowest BCUT2D eigenvalue weighted by Crippen LogP contribution is -2.57. The Morgan fingerprint density at radius 2 is 1.83 bits per heavy atom. The molecular formula is C13H19NO4. The van der Waals surface area contributed by atoms with Crippen LogP contribution in [0.25, 0.3) is 0 Å². The van der Waals surface area contributed by atoms with Crippen molar-refractivity contribution in [3.05, 3.63) is 23.7 Å². The number of hydrogen-bond donors (Lipinski definition) is 2. The molecule has 1 amide bonds. The maximum Gasteiger partial charge on any atom is 0.311 e. The first kappa shape index (κ1) is 14.3. The van der Waals surface area contributed by atoms with Crippen molar-refractivity contribution in [2.45, 2.75) is 40.2 Å². The zero-order valence-corrected chi connectivity index (χ0v) is 11.3. The highest BCUT2D eigenvalue weighted by atomic mass is 16.4. The van der Waals surface area contributed by atoms with Crippen LogP contribution in [0.1, 0.15) is 43.8 Å². The summed E-state index contributed by atoms with van der Waals surface area (Å²) in [4.78, 5) is 23.2. The average Bonchev–Trinajstić information content (AvgIpc) is 2.63. The summed E-state index contributed by atoms with van der Waals surface area (Å²) >= 11 is 0. The number of rotatable bonds is 4. The van der Waals surface area contributed by atoms with Gasteiger partial charge in [0.15, 0.2) is 5.76 Å². The molecule has 0 aliphatic heterocycles. The normalized spacial score (nSPS) is 12.3. The van der Waals surface area contributed by atoms with Gasteiger partial charge in [-0.1, -0.05) is 0 Å². The van der Waals surface area contributed by atoms with Crippen molar-refractivity contribution in [2.24, 2.45) is 5.41 Å². The Morgan fingerprint density at radius 1 is 1.28 bits per heavy atom. The highest BCUT2D eigenvalue weighted by Gasteiger charge is 2.44. The molecule has 0 unspecified atom stereocenters. The second kappa shape index (κ2) is 4.48. The summed E-state index contributed by atoms with van der Waals surface area (Å²) in [6.45, 7) is 8.26. The van der Waals surface area contributed by atoms with Crippen molar-refractivity contribution < 1.29 is 19.1 Å². The van der Waals surface area contributed by atoms with Gasteiger partial charge >= 0.3 is 5.97 Å². The minimum atomic E-state index is -1.09. The van der Waals surface area contributed by atoms with Crippen LogP contribution in [0.3, 0.4) is 0 Å². The SMILES string of the molecule is Cc1ccoc1C(=O)NC(C)(C)C(C)(C)C(=O)O. The summed E-state index contributed by atoms with van der Waals surface area (Å²) in [7, 11) is 0. The first-order chi connectivity index (χ1) is 8.09. The molecule has 1 aromatic rings. The summed E-state index contributed by atoms with van der Waals surface area (Å²) in [5, 5.41) is 11.9. The van der Waals surface area contributed by atoms with Crippen molar-refractivity contribution in [3.8, 4) is 0 Å². The number of carbonyl (C=O) groups excluding carboxylic acids is 1. The van der Waals surface area contributed by atoms with Crippen LogP contribution in [0.15, 0.2) is 16.7 Å². The van der Waals surface area contributed by atoms with E-state index in [2.05, 4.69) is 5.32 Å². The molecule has 0 fully saturated rings. The Labute approximate surface area is 106 Å². The minimum Gasteiger partial charge on any atom is -0.481 e. The van der Waals surface area contributed by atoms with Gasteiger partial charge in [0.1, 0.15) is 0 Å². The summed E-state index contributed by atoms with van der Waals surface area (Å²) in [6.07, 6.45) is 1.43. The molecule has 100 valence electrons. The van der Waals surface area contributed by atoms with Gasteiger partial charge in [-0.05, 0) is 40.7 Å². The monoisotopic (exact) mass is 253 g/mol. The van der Waals surface area contributed by atoms with Crippen LogP contribution in [0.4, 0.5) is 0 Å². The van der Waals surface area contributed by atoms with Crippen molar-refractivity contribution in [3.63, 3.8) is 0 Å². The van der Waals surface area contributed by atoms with Crippen molar-refractivity contribution in [1.29, 1.82) is 0 Å². The predicted molar refractivity (Wildman–Crippen MR) is 66.4 cm³/mol. The number of aliphatic carboxylic acids is 1. The summed E-state index contributed by atoms with van der Waals surface area (Å²) in [5.41, 5.74) is -1.28. The van der Waals surface area contributed by atoms with Gasteiger partial charge < -0.3 is 14.8 Å². The number of furan rings is 1. The molecule has 0 radical (unpaired) electrons. The Hall–Kier alpha value is -1.78. The van der Waals surface area contributed by atoms with Gasteiger partial charge in [-0.25, -0.2) is 0 Å². The summed E-state index contributed by atoms with van der Waals surface area (Å²) in [5.74, 6) is -1.16. The third-order valence-electron chi connectivity index (χ3n) is 3.59. The second-order valence-corrected chi connectivity index (χ2v) is 5.44. The molecule has 18 heavy (non-hydrogen) atoms. The molecule has 0 aromatic carbocycles. The molecule has 1 heterocycles. The Balaban J connectivity index is 2.94. The van der Waals surface area contributed by atoms with Gasteiger partial charge in [-0.15, -0.1) is 0 Å². The van der Waals surface area contributed by atoms with E-state index in [9.17, 15) is 14.7 Å². The fourth-order valence-electron chi connectivity index (χ4n) is 1.37. The van der Waals surface area contributed by atoms with E-state index in [0.717, 1.165) is 5.56 Å².